The molecule has 3 nitrogen and oxygen atoms in total. The Bertz CT molecular complexity index is 300. The molecule has 1 N–H and O–H groups in total. The molecule has 0 atom stereocenters. The van der Waals surface area contributed by atoms with Crippen LogP contribution in [-0.4, -0.2) is 16.9 Å². The number of carbonyl (C=O) groups excluding carboxylic acids is 1. The zero-order valence-electron chi connectivity index (χ0n) is 10.6. The van der Waals surface area contributed by atoms with Gasteiger partial charge in [0.05, 0.1) is 5.56 Å². The van der Waals surface area contributed by atoms with Crippen molar-refractivity contribution in [2.75, 3.05) is 0 Å². The molecule has 3 heteroatoms. The van der Waals surface area contributed by atoms with Gasteiger partial charge in [0.25, 0.3) is 0 Å². The van der Waals surface area contributed by atoms with Crippen LogP contribution in [0.25, 0.3) is 0 Å². The normalized spacial score (nSPS) is 7.81. The predicted octanol–water partition coefficient (Wildman–Crippen LogP) is 3.64. The summed E-state index contributed by atoms with van der Waals surface area (Å²) in [6.07, 6.45) is 0. The van der Waals surface area contributed by atoms with E-state index >= 15 is 0 Å². The molecule has 0 spiro atoms. The Kier molecular flexibility index (Phi) is 10.4. The van der Waals surface area contributed by atoms with Crippen molar-refractivity contribution in [1.82, 2.24) is 0 Å². The number of Topliss-reactive ketones (excluding diaryl/α,β-unsaturated/α-hetero) is 1. The van der Waals surface area contributed by atoms with Crippen LogP contribution in [0, 0.1) is 0 Å². The first-order valence-corrected chi connectivity index (χ1v) is 5.45. The number of rotatable bonds is 2. The van der Waals surface area contributed by atoms with Crippen LogP contribution in [0.15, 0.2) is 24.3 Å². The molecule has 90 valence electrons. The maximum Gasteiger partial charge on any atom is 0.335 e. The summed E-state index contributed by atoms with van der Waals surface area (Å²) in [5.41, 5.74) is 0.567. The summed E-state index contributed by atoms with van der Waals surface area (Å²) < 4.78 is 0. The summed E-state index contributed by atoms with van der Waals surface area (Å²) in [5.74, 6) is -1.14. The number of carbonyl (C=O) groups is 2. The average molecular weight is 224 g/mol. The smallest absolute Gasteiger partial charge is 0.335 e. The molecule has 1 rings (SSSR count). The predicted molar refractivity (Wildman–Crippen MR) is 66.1 cm³/mol. The van der Waals surface area contributed by atoms with E-state index in [0.717, 1.165) is 0 Å². The molecule has 0 radical (unpaired) electrons. The van der Waals surface area contributed by atoms with Gasteiger partial charge >= 0.3 is 5.97 Å². The van der Waals surface area contributed by atoms with Crippen molar-refractivity contribution in [3.8, 4) is 0 Å². The highest BCUT2D eigenvalue weighted by atomic mass is 16.4. The number of benzene rings is 1. The zero-order valence-corrected chi connectivity index (χ0v) is 10.6. The van der Waals surface area contributed by atoms with Gasteiger partial charge in [0.2, 0.25) is 0 Å². The van der Waals surface area contributed by atoms with Gasteiger partial charge in [0.15, 0.2) is 5.78 Å². The Balaban J connectivity index is 0. The molecule has 0 fully saturated rings. The SMILES string of the molecule is CC.CC.CC(=O)c1cccc(C(=O)O)c1. The highest BCUT2D eigenvalue weighted by Crippen LogP contribution is 2.05. The van der Waals surface area contributed by atoms with Gasteiger partial charge in [-0.1, -0.05) is 39.8 Å². The van der Waals surface area contributed by atoms with Crippen LogP contribution in [0.4, 0.5) is 0 Å². The van der Waals surface area contributed by atoms with Gasteiger partial charge in [-0.25, -0.2) is 4.79 Å². The van der Waals surface area contributed by atoms with E-state index in [-0.39, 0.29) is 11.3 Å². The van der Waals surface area contributed by atoms with Gasteiger partial charge in [0.1, 0.15) is 0 Å². The van der Waals surface area contributed by atoms with Crippen LogP contribution in [0.5, 0.6) is 0 Å². The lowest BCUT2D eigenvalue weighted by molar-refractivity contribution is 0.0697. The minimum Gasteiger partial charge on any atom is -0.478 e. The quantitative estimate of drug-likeness (QED) is 0.780. The Morgan fingerprint density at radius 2 is 1.44 bits per heavy atom. The number of carboxylic acid groups (broad SMARTS) is 1. The Morgan fingerprint density at radius 1 is 1.00 bits per heavy atom. The third kappa shape index (κ3) is 5.96. The molecule has 1 aromatic carbocycles. The van der Waals surface area contributed by atoms with E-state index in [1.165, 1.54) is 19.1 Å². The first-order valence-electron chi connectivity index (χ1n) is 5.45. The molecule has 0 aliphatic rings. The average Bonchev–Trinajstić information content (AvgIpc) is 2.34. The molecular formula is C13H20O3. The fourth-order valence-electron chi connectivity index (χ4n) is 0.871. The lowest BCUT2D eigenvalue weighted by Crippen LogP contribution is -1.99. The van der Waals surface area contributed by atoms with E-state index < -0.39 is 5.97 Å². The standard InChI is InChI=1S/C9H8O3.2C2H6/c1-6(10)7-3-2-4-8(5-7)9(11)12;2*1-2/h2-5H,1H3,(H,11,12);2*1-2H3. The van der Waals surface area contributed by atoms with Crippen LogP contribution < -0.4 is 0 Å². The Labute approximate surface area is 97.1 Å². The van der Waals surface area contributed by atoms with Crippen molar-refractivity contribution in [3.63, 3.8) is 0 Å². The summed E-state index contributed by atoms with van der Waals surface area (Å²) >= 11 is 0. The second-order valence-corrected chi connectivity index (χ2v) is 2.44. The molecule has 16 heavy (non-hydrogen) atoms. The fourth-order valence-corrected chi connectivity index (χ4v) is 0.871. The summed E-state index contributed by atoms with van der Waals surface area (Å²) in [6.45, 7) is 9.40. The number of ketones is 1. The first-order chi connectivity index (χ1) is 7.61. The Hall–Kier alpha value is -1.64. The van der Waals surface area contributed by atoms with E-state index in [2.05, 4.69) is 0 Å². The largest absolute Gasteiger partial charge is 0.478 e. The third-order valence-corrected chi connectivity index (χ3v) is 1.52. The van der Waals surface area contributed by atoms with Gasteiger partial charge in [-0.05, 0) is 19.1 Å². The molecule has 0 aromatic heterocycles. The van der Waals surface area contributed by atoms with Crippen LogP contribution in [0.2, 0.25) is 0 Å². The van der Waals surface area contributed by atoms with Crippen LogP contribution in [0.1, 0.15) is 55.3 Å². The Morgan fingerprint density at radius 3 is 1.81 bits per heavy atom. The summed E-state index contributed by atoms with van der Waals surface area (Å²) in [7, 11) is 0. The van der Waals surface area contributed by atoms with Crippen molar-refractivity contribution in [1.29, 1.82) is 0 Å². The molecule has 0 heterocycles. The summed E-state index contributed by atoms with van der Waals surface area (Å²) in [6, 6.07) is 5.97. The topological polar surface area (TPSA) is 54.4 Å². The number of hydrogen-bond donors (Lipinski definition) is 1. The van der Waals surface area contributed by atoms with Crippen molar-refractivity contribution in [3.05, 3.63) is 35.4 Å². The zero-order chi connectivity index (χ0) is 13.1. The fraction of sp³-hybridized carbons (Fsp3) is 0.385. The lowest BCUT2D eigenvalue weighted by Gasteiger charge is -1.96. The highest BCUT2D eigenvalue weighted by Gasteiger charge is 2.04. The van der Waals surface area contributed by atoms with Gasteiger partial charge in [0, 0.05) is 5.56 Å². The molecule has 0 bridgehead atoms. The molecule has 0 saturated carbocycles. The molecule has 0 unspecified atom stereocenters. The second-order valence-electron chi connectivity index (χ2n) is 2.44. The molecular weight excluding hydrogens is 204 g/mol. The lowest BCUT2D eigenvalue weighted by atomic mass is 10.1. The second kappa shape index (κ2) is 9.90. The van der Waals surface area contributed by atoms with Crippen molar-refractivity contribution >= 4 is 11.8 Å². The van der Waals surface area contributed by atoms with E-state index in [1.54, 1.807) is 12.1 Å². The minimum absolute atomic E-state index is 0.127. The minimum atomic E-state index is -1.02. The number of aromatic carboxylic acids is 1. The number of hydrogen-bond acceptors (Lipinski definition) is 2. The first kappa shape index (κ1) is 16.8. The van der Waals surface area contributed by atoms with Crippen molar-refractivity contribution in [2.45, 2.75) is 34.6 Å². The van der Waals surface area contributed by atoms with E-state index in [9.17, 15) is 9.59 Å². The monoisotopic (exact) mass is 224 g/mol. The molecule has 1 aromatic rings. The maximum absolute atomic E-state index is 10.8. The van der Waals surface area contributed by atoms with E-state index in [4.69, 9.17) is 5.11 Å². The molecule has 0 amide bonds. The summed E-state index contributed by atoms with van der Waals surface area (Å²) in [4.78, 5) is 21.3. The molecule has 0 aliphatic carbocycles. The van der Waals surface area contributed by atoms with Crippen LogP contribution in [-0.2, 0) is 0 Å². The van der Waals surface area contributed by atoms with Gasteiger partial charge in [-0.15, -0.1) is 0 Å². The van der Waals surface area contributed by atoms with Crippen LogP contribution >= 0.6 is 0 Å². The molecule has 0 aliphatic heterocycles. The van der Waals surface area contributed by atoms with Gasteiger partial charge in [-0.3, -0.25) is 4.79 Å². The number of carboxylic acids is 1. The summed E-state index contributed by atoms with van der Waals surface area (Å²) in [5, 5.41) is 8.58. The van der Waals surface area contributed by atoms with Crippen molar-refractivity contribution < 1.29 is 14.7 Å². The maximum atomic E-state index is 10.8. The van der Waals surface area contributed by atoms with E-state index in [1.807, 2.05) is 27.7 Å². The van der Waals surface area contributed by atoms with Crippen molar-refractivity contribution in [2.24, 2.45) is 0 Å². The van der Waals surface area contributed by atoms with Crippen LogP contribution in [0.3, 0.4) is 0 Å². The third-order valence-electron chi connectivity index (χ3n) is 1.52. The van der Waals surface area contributed by atoms with E-state index in [0.29, 0.717) is 5.56 Å². The highest BCUT2D eigenvalue weighted by molar-refractivity contribution is 5.97. The molecule has 0 saturated heterocycles. The van der Waals surface area contributed by atoms with Gasteiger partial charge in [-0.2, -0.15) is 0 Å². The van der Waals surface area contributed by atoms with Gasteiger partial charge < -0.3 is 5.11 Å².